The minimum atomic E-state index is 0.0257. The summed E-state index contributed by atoms with van der Waals surface area (Å²) in [5.74, 6) is 2.05. The van der Waals surface area contributed by atoms with Crippen LogP contribution in [-0.2, 0) is 4.79 Å². The standard InChI is InChI=1S/C25H32N2O3/c1-18(2)25(19-8-4-3-5-9-19)26-24(28)17-27-13-6-10-21(27)20-11-12-22-23(16-20)30-15-7-14-29-22/h3-5,8-9,11-12,16,18,21,25H,6-7,10,13-15,17H2,1-2H3,(H,26,28)/t21-,25+/m0/s1. The summed E-state index contributed by atoms with van der Waals surface area (Å²) in [6.45, 7) is 7.02. The molecule has 1 N–H and O–H groups in total. The summed E-state index contributed by atoms with van der Waals surface area (Å²) >= 11 is 0. The van der Waals surface area contributed by atoms with E-state index in [0.29, 0.717) is 25.7 Å². The molecule has 0 aromatic heterocycles. The molecule has 0 spiro atoms. The summed E-state index contributed by atoms with van der Waals surface area (Å²) in [7, 11) is 0. The monoisotopic (exact) mass is 408 g/mol. The van der Waals surface area contributed by atoms with Gasteiger partial charge in [-0.2, -0.15) is 0 Å². The van der Waals surface area contributed by atoms with Crippen LogP contribution in [0.4, 0.5) is 0 Å². The number of carbonyl (C=O) groups excluding carboxylic acids is 1. The minimum Gasteiger partial charge on any atom is -0.490 e. The Morgan fingerprint density at radius 3 is 2.60 bits per heavy atom. The molecule has 0 aliphatic carbocycles. The smallest absolute Gasteiger partial charge is 0.234 e. The second kappa shape index (κ2) is 9.52. The van der Waals surface area contributed by atoms with Crippen LogP contribution in [0, 0.1) is 5.92 Å². The fraction of sp³-hybridized carbons (Fsp3) is 0.480. The van der Waals surface area contributed by atoms with E-state index in [1.807, 2.05) is 24.3 Å². The Labute approximate surface area is 179 Å². The summed E-state index contributed by atoms with van der Waals surface area (Å²) < 4.78 is 11.6. The molecule has 0 unspecified atom stereocenters. The highest BCUT2D eigenvalue weighted by molar-refractivity contribution is 5.78. The first kappa shape index (κ1) is 20.7. The minimum absolute atomic E-state index is 0.0257. The van der Waals surface area contributed by atoms with E-state index in [2.05, 4.69) is 48.3 Å². The van der Waals surface area contributed by atoms with Crippen LogP contribution in [-0.4, -0.2) is 37.1 Å². The molecule has 0 saturated carbocycles. The van der Waals surface area contributed by atoms with Gasteiger partial charge in [-0.05, 0) is 48.6 Å². The van der Waals surface area contributed by atoms with E-state index in [-0.39, 0.29) is 18.0 Å². The Morgan fingerprint density at radius 1 is 1.07 bits per heavy atom. The number of carbonyl (C=O) groups is 1. The van der Waals surface area contributed by atoms with E-state index in [1.54, 1.807) is 0 Å². The van der Waals surface area contributed by atoms with Gasteiger partial charge in [0.2, 0.25) is 5.91 Å². The predicted octanol–water partition coefficient (Wildman–Crippen LogP) is 4.50. The van der Waals surface area contributed by atoms with Crippen molar-refractivity contribution in [1.29, 1.82) is 0 Å². The van der Waals surface area contributed by atoms with E-state index < -0.39 is 0 Å². The van der Waals surface area contributed by atoms with Crippen LogP contribution in [0.25, 0.3) is 0 Å². The number of likely N-dealkylation sites (tertiary alicyclic amines) is 1. The summed E-state index contributed by atoms with van der Waals surface area (Å²) in [5.41, 5.74) is 2.36. The van der Waals surface area contributed by atoms with E-state index >= 15 is 0 Å². The van der Waals surface area contributed by atoms with E-state index in [9.17, 15) is 4.79 Å². The van der Waals surface area contributed by atoms with Gasteiger partial charge < -0.3 is 14.8 Å². The second-order valence-electron chi connectivity index (χ2n) is 8.59. The van der Waals surface area contributed by atoms with Gasteiger partial charge in [-0.15, -0.1) is 0 Å². The molecule has 1 amide bonds. The van der Waals surface area contributed by atoms with Crippen LogP contribution in [0.15, 0.2) is 48.5 Å². The Hall–Kier alpha value is -2.53. The number of nitrogens with one attached hydrogen (secondary N) is 1. The zero-order valence-corrected chi connectivity index (χ0v) is 18.0. The van der Waals surface area contributed by atoms with Crippen molar-refractivity contribution < 1.29 is 14.3 Å². The van der Waals surface area contributed by atoms with Gasteiger partial charge in [0, 0.05) is 12.5 Å². The Balaban J connectivity index is 1.44. The molecule has 30 heavy (non-hydrogen) atoms. The molecular weight excluding hydrogens is 376 g/mol. The molecule has 2 aliphatic heterocycles. The Bertz CT molecular complexity index is 853. The first-order chi connectivity index (χ1) is 14.6. The van der Waals surface area contributed by atoms with Gasteiger partial charge in [0.15, 0.2) is 11.5 Å². The number of rotatable bonds is 6. The molecule has 0 radical (unpaired) electrons. The van der Waals surface area contributed by atoms with E-state index in [4.69, 9.17) is 9.47 Å². The molecule has 1 saturated heterocycles. The average Bonchev–Trinajstić information content (AvgIpc) is 3.07. The molecule has 2 atom stereocenters. The lowest BCUT2D eigenvalue weighted by molar-refractivity contribution is -0.123. The van der Waals surface area contributed by atoms with Crippen LogP contribution in [0.5, 0.6) is 11.5 Å². The number of nitrogens with zero attached hydrogens (tertiary/aromatic N) is 1. The van der Waals surface area contributed by atoms with Crippen molar-refractivity contribution in [3.63, 3.8) is 0 Å². The van der Waals surface area contributed by atoms with Gasteiger partial charge in [-0.25, -0.2) is 0 Å². The van der Waals surface area contributed by atoms with Crippen LogP contribution in [0.1, 0.15) is 56.3 Å². The van der Waals surface area contributed by atoms with Crippen molar-refractivity contribution in [3.05, 3.63) is 59.7 Å². The van der Waals surface area contributed by atoms with Gasteiger partial charge in [-0.1, -0.05) is 50.2 Å². The molecule has 5 heteroatoms. The highest BCUT2D eigenvalue weighted by atomic mass is 16.5. The Morgan fingerprint density at radius 2 is 1.83 bits per heavy atom. The van der Waals surface area contributed by atoms with Crippen molar-refractivity contribution >= 4 is 5.91 Å². The lowest BCUT2D eigenvalue weighted by Crippen LogP contribution is -2.40. The number of benzene rings is 2. The molecule has 2 aliphatic rings. The highest BCUT2D eigenvalue weighted by Gasteiger charge is 2.29. The number of ether oxygens (including phenoxy) is 2. The fourth-order valence-corrected chi connectivity index (χ4v) is 4.48. The summed E-state index contributed by atoms with van der Waals surface area (Å²) in [5, 5.41) is 3.26. The quantitative estimate of drug-likeness (QED) is 0.765. The number of fused-ring (bicyclic) bond motifs is 1. The first-order valence-corrected chi connectivity index (χ1v) is 11.1. The molecule has 5 nitrogen and oxygen atoms in total. The molecule has 160 valence electrons. The van der Waals surface area contributed by atoms with Gasteiger partial charge in [-0.3, -0.25) is 9.69 Å². The maximum Gasteiger partial charge on any atom is 0.234 e. The number of hydrogen-bond acceptors (Lipinski definition) is 4. The predicted molar refractivity (Wildman–Crippen MR) is 118 cm³/mol. The largest absolute Gasteiger partial charge is 0.490 e. The topological polar surface area (TPSA) is 50.8 Å². The van der Waals surface area contributed by atoms with Gasteiger partial charge >= 0.3 is 0 Å². The van der Waals surface area contributed by atoms with Crippen molar-refractivity contribution in [2.45, 2.75) is 45.2 Å². The maximum atomic E-state index is 12.9. The number of amides is 1. The third-order valence-corrected chi connectivity index (χ3v) is 6.01. The zero-order valence-electron chi connectivity index (χ0n) is 18.0. The van der Waals surface area contributed by atoms with Crippen molar-refractivity contribution in [2.75, 3.05) is 26.3 Å². The van der Waals surface area contributed by atoms with Crippen molar-refractivity contribution in [2.24, 2.45) is 5.92 Å². The summed E-state index contributed by atoms with van der Waals surface area (Å²) in [6.07, 6.45) is 3.05. The molecular formula is C25H32N2O3. The molecule has 0 bridgehead atoms. The maximum absolute atomic E-state index is 12.9. The molecule has 2 aromatic rings. The first-order valence-electron chi connectivity index (χ1n) is 11.1. The molecule has 2 heterocycles. The number of hydrogen-bond donors (Lipinski definition) is 1. The van der Waals surface area contributed by atoms with Crippen LogP contribution < -0.4 is 14.8 Å². The molecule has 4 rings (SSSR count). The van der Waals surface area contributed by atoms with Crippen LogP contribution in [0.2, 0.25) is 0 Å². The lowest BCUT2D eigenvalue weighted by atomic mass is 9.96. The third kappa shape index (κ3) is 4.78. The van der Waals surface area contributed by atoms with Crippen LogP contribution >= 0.6 is 0 Å². The van der Waals surface area contributed by atoms with Crippen molar-refractivity contribution in [3.8, 4) is 11.5 Å². The Kier molecular flexibility index (Phi) is 6.58. The fourth-order valence-electron chi connectivity index (χ4n) is 4.48. The summed E-state index contributed by atoms with van der Waals surface area (Å²) in [4.78, 5) is 15.2. The average molecular weight is 409 g/mol. The zero-order chi connectivity index (χ0) is 20.9. The second-order valence-corrected chi connectivity index (χ2v) is 8.59. The van der Waals surface area contributed by atoms with Gasteiger partial charge in [0.25, 0.3) is 0 Å². The normalized spacial score (nSPS) is 20.0. The van der Waals surface area contributed by atoms with E-state index in [0.717, 1.165) is 42.9 Å². The van der Waals surface area contributed by atoms with Gasteiger partial charge in [0.1, 0.15) is 0 Å². The van der Waals surface area contributed by atoms with Crippen molar-refractivity contribution in [1.82, 2.24) is 10.2 Å². The third-order valence-electron chi connectivity index (χ3n) is 6.01. The highest BCUT2D eigenvalue weighted by Crippen LogP contribution is 2.37. The molecule has 1 fully saturated rings. The van der Waals surface area contributed by atoms with Gasteiger partial charge in [0.05, 0.1) is 25.8 Å². The molecule has 2 aromatic carbocycles. The lowest BCUT2D eigenvalue weighted by Gasteiger charge is -2.27. The van der Waals surface area contributed by atoms with E-state index in [1.165, 1.54) is 5.56 Å². The SMILES string of the molecule is CC(C)[C@@H](NC(=O)CN1CCC[C@H]1c1ccc2c(c1)OCCCO2)c1ccccc1. The summed E-state index contributed by atoms with van der Waals surface area (Å²) in [6, 6.07) is 16.7. The van der Waals surface area contributed by atoms with Crippen LogP contribution in [0.3, 0.4) is 0 Å².